The van der Waals surface area contributed by atoms with Gasteiger partial charge in [-0.1, -0.05) is 60.7 Å². The molecule has 0 heterocycles. The molecule has 0 fully saturated rings. The molecule has 1 atom stereocenters. The van der Waals surface area contributed by atoms with Gasteiger partial charge < -0.3 is 4.74 Å². The van der Waals surface area contributed by atoms with Crippen molar-refractivity contribution in [3.05, 3.63) is 95.1 Å². The van der Waals surface area contributed by atoms with Gasteiger partial charge in [-0.3, -0.25) is 4.79 Å². The third-order valence-electron chi connectivity index (χ3n) is 4.07. The molecule has 3 aromatic rings. The molecule has 0 bridgehead atoms. The van der Waals surface area contributed by atoms with E-state index in [0.717, 1.165) is 33.3 Å². The Bertz CT molecular complexity index is 841. The van der Waals surface area contributed by atoms with Crippen LogP contribution in [0.5, 0.6) is 5.75 Å². The van der Waals surface area contributed by atoms with Crippen LogP contribution in [0.3, 0.4) is 0 Å². The molecule has 0 saturated carbocycles. The van der Waals surface area contributed by atoms with Crippen molar-refractivity contribution < 1.29 is 9.53 Å². The minimum absolute atomic E-state index is 0. The molecule has 4 heteroatoms. The zero-order valence-corrected chi connectivity index (χ0v) is 15.5. The molecule has 0 aliphatic rings. The van der Waals surface area contributed by atoms with Gasteiger partial charge in [0.1, 0.15) is 12.4 Å². The molecule has 0 aliphatic heterocycles. The number of carbonyl (C=O) groups is 1. The second-order valence-electron chi connectivity index (χ2n) is 6.02. The summed E-state index contributed by atoms with van der Waals surface area (Å²) in [6, 6.07) is 23.9. The minimum atomic E-state index is 0. The van der Waals surface area contributed by atoms with Crippen molar-refractivity contribution in [2.75, 3.05) is 0 Å². The van der Waals surface area contributed by atoms with Gasteiger partial charge in [-0.25, -0.2) is 0 Å². The standard InChI is InChI=1S/C22H21O2P.Li.H/c1-16-7-6-8-17(2)21(16)22(23)25-20-13-11-19(12-14-20)24-15-18-9-4-3-5-10-18;;/h3-14,25H,15H2,1-2H3;;. The fourth-order valence-corrected chi connectivity index (χ4v) is 3.86. The van der Waals surface area contributed by atoms with E-state index < -0.39 is 0 Å². The van der Waals surface area contributed by atoms with E-state index in [1.807, 2.05) is 86.6 Å². The van der Waals surface area contributed by atoms with Crippen molar-refractivity contribution in [2.24, 2.45) is 0 Å². The second kappa shape index (κ2) is 9.74. The van der Waals surface area contributed by atoms with Crippen LogP contribution in [-0.2, 0) is 6.61 Å². The fraction of sp³-hybridized carbons (Fsp3) is 0.136. The molecule has 0 aromatic heterocycles. The van der Waals surface area contributed by atoms with Crippen LogP contribution in [-0.4, -0.2) is 24.4 Å². The van der Waals surface area contributed by atoms with Crippen molar-refractivity contribution in [3.8, 4) is 5.75 Å². The molecule has 0 radical (unpaired) electrons. The quantitative estimate of drug-likeness (QED) is 0.484. The van der Waals surface area contributed by atoms with E-state index in [4.69, 9.17) is 4.74 Å². The molecule has 0 saturated heterocycles. The first-order valence-corrected chi connectivity index (χ1v) is 9.28. The molecule has 0 N–H and O–H groups in total. The van der Waals surface area contributed by atoms with E-state index in [-0.39, 0.29) is 33.0 Å². The van der Waals surface area contributed by atoms with Crippen LogP contribution in [0.1, 0.15) is 27.0 Å². The van der Waals surface area contributed by atoms with Crippen molar-refractivity contribution in [1.82, 2.24) is 0 Å². The van der Waals surface area contributed by atoms with E-state index in [9.17, 15) is 4.79 Å². The topological polar surface area (TPSA) is 26.3 Å². The monoisotopic (exact) mass is 356 g/mol. The number of hydrogen-bond donors (Lipinski definition) is 0. The van der Waals surface area contributed by atoms with Gasteiger partial charge in [0.25, 0.3) is 0 Å². The molecule has 2 nitrogen and oxygen atoms in total. The zero-order valence-electron chi connectivity index (χ0n) is 14.5. The van der Waals surface area contributed by atoms with E-state index in [1.54, 1.807) is 0 Å². The molecular weight excluding hydrogens is 334 g/mol. The first-order chi connectivity index (χ1) is 12.1. The van der Waals surface area contributed by atoms with E-state index in [0.29, 0.717) is 6.61 Å². The average Bonchev–Trinajstić information content (AvgIpc) is 2.62. The molecule has 0 amide bonds. The summed E-state index contributed by atoms with van der Waals surface area (Å²) in [7, 11) is 0.125. The number of benzene rings is 3. The summed E-state index contributed by atoms with van der Waals surface area (Å²) in [5.41, 5.74) is 4.26. The van der Waals surface area contributed by atoms with Crippen LogP contribution in [0.25, 0.3) is 0 Å². The van der Waals surface area contributed by atoms with Gasteiger partial charge in [-0.15, -0.1) is 0 Å². The van der Waals surface area contributed by atoms with Crippen LogP contribution in [0.15, 0.2) is 72.8 Å². The van der Waals surface area contributed by atoms with Crippen molar-refractivity contribution in [2.45, 2.75) is 20.5 Å². The van der Waals surface area contributed by atoms with Crippen LogP contribution in [0.4, 0.5) is 0 Å². The van der Waals surface area contributed by atoms with Gasteiger partial charge in [-0.2, -0.15) is 0 Å². The maximum absolute atomic E-state index is 12.6. The number of aryl methyl sites for hydroxylation is 2. The summed E-state index contributed by atoms with van der Waals surface area (Å²) in [6.45, 7) is 4.53. The number of ether oxygens (including phenoxy) is 1. The molecule has 3 rings (SSSR count). The van der Waals surface area contributed by atoms with Crippen LogP contribution in [0, 0.1) is 13.8 Å². The first kappa shape index (κ1) is 20.5. The number of rotatable bonds is 6. The van der Waals surface area contributed by atoms with Crippen molar-refractivity contribution in [3.63, 3.8) is 0 Å². The van der Waals surface area contributed by atoms with Crippen LogP contribution < -0.4 is 10.0 Å². The molecule has 1 unspecified atom stereocenters. The summed E-state index contributed by atoms with van der Waals surface area (Å²) in [5, 5.41) is 1.03. The van der Waals surface area contributed by atoms with E-state index in [2.05, 4.69) is 0 Å². The van der Waals surface area contributed by atoms with Crippen molar-refractivity contribution in [1.29, 1.82) is 0 Å². The fourth-order valence-electron chi connectivity index (χ4n) is 2.74. The number of hydrogen-bond acceptors (Lipinski definition) is 2. The summed E-state index contributed by atoms with van der Waals surface area (Å²) < 4.78 is 5.79. The van der Waals surface area contributed by atoms with Gasteiger partial charge >= 0.3 is 18.9 Å². The Morgan fingerprint density at radius 3 is 2.08 bits per heavy atom. The molecule has 26 heavy (non-hydrogen) atoms. The molecule has 128 valence electrons. The predicted octanol–water partition coefficient (Wildman–Crippen LogP) is 4.38. The van der Waals surface area contributed by atoms with Gasteiger partial charge in [0.15, 0.2) is 5.52 Å². The first-order valence-electron chi connectivity index (χ1n) is 8.28. The predicted molar refractivity (Wildman–Crippen MR) is 113 cm³/mol. The molecule has 0 aliphatic carbocycles. The number of carbonyl (C=O) groups excluding carboxylic acids is 1. The van der Waals surface area contributed by atoms with Crippen LogP contribution >= 0.6 is 8.58 Å². The van der Waals surface area contributed by atoms with Gasteiger partial charge in [-0.05, 0) is 56.6 Å². The Morgan fingerprint density at radius 2 is 1.46 bits per heavy atom. The molecule has 0 spiro atoms. The molecular formula is C22H22LiO2P. The van der Waals surface area contributed by atoms with Gasteiger partial charge in [0.05, 0.1) is 0 Å². The maximum atomic E-state index is 12.6. The van der Waals surface area contributed by atoms with E-state index in [1.165, 1.54) is 0 Å². The van der Waals surface area contributed by atoms with Crippen molar-refractivity contribution >= 4 is 38.3 Å². The second-order valence-corrected chi connectivity index (χ2v) is 7.30. The third-order valence-corrected chi connectivity index (χ3v) is 5.17. The Morgan fingerprint density at radius 1 is 0.846 bits per heavy atom. The normalized spacial score (nSPS) is 10.5. The Kier molecular flexibility index (Phi) is 7.67. The Hall–Kier alpha value is -1.84. The molecule has 3 aromatic carbocycles. The van der Waals surface area contributed by atoms with E-state index >= 15 is 0 Å². The summed E-state index contributed by atoms with van der Waals surface area (Å²) >= 11 is 0. The summed E-state index contributed by atoms with van der Waals surface area (Å²) in [5.74, 6) is 0.817. The Labute approximate surface area is 168 Å². The van der Waals surface area contributed by atoms with Gasteiger partial charge in [0, 0.05) is 5.56 Å². The Balaban J connectivity index is 0.00000243. The SMILES string of the molecule is Cc1cccc(C)c1C(=O)Pc1ccc(OCc2ccccc2)cc1.[LiH]. The van der Waals surface area contributed by atoms with Crippen LogP contribution in [0.2, 0.25) is 0 Å². The summed E-state index contributed by atoms with van der Waals surface area (Å²) in [4.78, 5) is 12.6. The average molecular weight is 356 g/mol. The van der Waals surface area contributed by atoms with Gasteiger partial charge in [0.2, 0.25) is 0 Å². The zero-order chi connectivity index (χ0) is 17.6. The third kappa shape index (κ3) is 5.33. The summed E-state index contributed by atoms with van der Waals surface area (Å²) in [6.07, 6.45) is 0.